The fourth-order valence-electron chi connectivity index (χ4n) is 2.14. The van der Waals surface area contributed by atoms with Gasteiger partial charge in [0, 0.05) is 3.57 Å². The van der Waals surface area contributed by atoms with Gasteiger partial charge >= 0.3 is 0 Å². The van der Waals surface area contributed by atoms with Crippen molar-refractivity contribution >= 4 is 40.3 Å². The maximum absolute atomic E-state index is 14.4. The molecule has 0 saturated heterocycles. The Kier molecular flexibility index (Phi) is 6.19. The average Bonchev–Trinajstić information content (AvgIpc) is 2.54. The SMILES string of the molecule is Cc1cc(C=O)c(F)c(F)c1N(OCCO)c1ccc(I)cc1F. The summed E-state index contributed by atoms with van der Waals surface area (Å²) < 4.78 is 43.3. The van der Waals surface area contributed by atoms with Crippen LogP contribution < -0.4 is 5.06 Å². The van der Waals surface area contributed by atoms with E-state index in [1.54, 1.807) is 6.07 Å². The predicted octanol–water partition coefficient (Wildman–Crippen LogP) is 3.89. The molecule has 4 nitrogen and oxygen atoms in total. The summed E-state index contributed by atoms with van der Waals surface area (Å²) in [5, 5.41) is 9.72. The second kappa shape index (κ2) is 7.95. The van der Waals surface area contributed by atoms with Gasteiger partial charge in [-0.1, -0.05) is 0 Å². The summed E-state index contributed by atoms with van der Waals surface area (Å²) in [6.07, 6.45) is 0.194. The molecule has 0 amide bonds. The van der Waals surface area contributed by atoms with Gasteiger partial charge in [-0.3, -0.25) is 9.63 Å². The summed E-state index contributed by atoms with van der Waals surface area (Å²) in [6, 6.07) is 5.26. The van der Waals surface area contributed by atoms with E-state index in [0.717, 1.165) is 11.1 Å². The maximum atomic E-state index is 14.4. The summed E-state index contributed by atoms with van der Waals surface area (Å²) in [4.78, 5) is 16.0. The summed E-state index contributed by atoms with van der Waals surface area (Å²) in [5.41, 5.74) is -0.790. The van der Waals surface area contributed by atoms with E-state index in [4.69, 9.17) is 9.94 Å². The van der Waals surface area contributed by atoms with Crippen molar-refractivity contribution in [2.75, 3.05) is 18.3 Å². The van der Waals surface area contributed by atoms with Gasteiger partial charge in [-0.05, 0) is 59.3 Å². The third-order valence-electron chi connectivity index (χ3n) is 3.17. The highest BCUT2D eigenvalue weighted by Gasteiger charge is 2.25. The van der Waals surface area contributed by atoms with Crippen molar-refractivity contribution in [1.29, 1.82) is 0 Å². The molecule has 2 aromatic carbocycles. The van der Waals surface area contributed by atoms with Crippen LogP contribution in [0.15, 0.2) is 24.3 Å². The maximum Gasteiger partial charge on any atom is 0.185 e. The molecule has 0 aromatic heterocycles. The number of hydrogen-bond donors (Lipinski definition) is 1. The number of benzene rings is 2. The summed E-state index contributed by atoms with van der Waals surface area (Å²) >= 11 is 1.90. The molecule has 0 unspecified atom stereocenters. The first-order valence-electron chi connectivity index (χ1n) is 6.83. The molecular weight excluding hydrogens is 438 g/mol. The first-order valence-corrected chi connectivity index (χ1v) is 7.91. The molecule has 0 aliphatic rings. The van der Waals surface area contributed by atoms with Gasteiger partial charge in [-0.2, -0.15) is 0 Å². The largest absolute Gasteiger partial charge is 0.394 e. The number of aldehydes is 1. The van der Waals surface area contributed by atoms with Gasteiger partial charge in [0.05, 0.1) is 18.8 Å². The Bertz CT molecular complexity index is 771. The molecule has 0 aliphatic heterocycles. The van der Waals surface area contributed by atoms with E-state index in [9.17, 15) is 18.0 Å². The van der Waals surface area contributed by atoms with Crippen molar-refractivity contribution in [3.63, 3.8) is 0 Å². The molecule has 0 atom stereocenters. The lowest BCUT2D eigenvalue weighted by Crippen LogP contribution is -2.23. The van der Waals surface area contributed by atoms with E-state index >= 15 is 0 Å². The van der Waals surface area contributed by atoms with Gasteiger partial charge < -0.3 is 5.11 Å². The number of hydrogen-bond acceptors (Lipinski definition) is 4. The van der Waals surface area contributed by atoms with Crippen molar-refractivity contribution < 1.29 is 27.9 Å². The standard InChI is InChI=1S/C16H13F3INO3/c1-9-6-10(8-23)14(18)15(19)16(9)21(24-5-4-22)13-3-2-11(20)7-12(13)17/h2-3,6-8,22H,4-5H2,1H3. The molecule has 2 aromatic rings. The number of aliphatic hydroxyl groups excluding tert-OH is 1. The van der Waals surface area contributed by atoms with Gasteiger partial charge in [-0.25, -0.2) is 18.2 Å². The van der Waals surface area contributed by atoms with Crippen LogP contribution in [0.5, 0.6) is 0 Å². The van der Waals surface area contributed by atoms with E-state index in [2.05, 4.69) is 0 Å². The molecule has 0 aliphatic carbocycles. The second-order valence-corrected chi connectivity index (χ2v) is 6.07. The zero-order valence-corrected chi connectivity index (χ0v) is 14.7. The van der Waals surface area contributed by atoms with Crippen molar-refractivity contribution in [2.45, 2.75) is 6.92 Å². The number of aliphatic hydroxyl groups is 1. The lowest BCUT2D eigenvalue weighted by atomic mass is 10.1. The summed E-state index contributed by atoms with van der Waals surface area (Å²) in [6.45, 7) is 0.768. The number of halogens is 4. The van der Waals surface area contributed by atoms with E-state index in [1.807, 2.05) is 22.6 Å². The number of carbonyl (C=O) groups excluding carboxylic acids is 1. The molecule has 8 heteroatoms. The molecule has 0 radical (unpaired) electrons. The van der Waals surface area contributed by atoms with Gasteiger partial charge in [0.1, 0.15) is 17.2 Å². The molecule has 1 N–H and O–H groups in total. The Morgan fingerprint density at radius 1 is 1.25 bits per heavy atom. The molecule has 24 heavy (non-hydrogen) atoms. The van der Waals surface area contributed by atoms with Crippen LogP contribution in [0.2, 0.25) is 0 Å². The average molecular weight is 451 g/mol. The normalized spacial score (nSPS) is 10.8. The van der Waals surface area contributed by atoms with Gasteiger partial charge in [0.15, 0.2) is 17.9 Å². The summed E-state index contributed by atoms with van der Waals surface area (Å²) in [5.74, 6) is -3.40. The minimum Gasteiger partial charge on any atom is -0.394 e. The van der Waals surface area contributed by atoms with Crippen LogP contribution in [0.4, 0.5) is 24.5 Å². The van der Waals surface area contributed by atoms with E-state index in [0.29, 0.717) is 3.57 Å². The zero-order chi connectivity index (χ0) is 17.9. The van der Waals surface area contributed by atoms with Crippen LogP contribution in [0, 0.1) is 27.9 Å². The molecule has 2 rings (SSSR count). The van der Waals surface area contributed by atoms with E-state index in [-0.39, 0.29) is 29.8 Å². The van der Waals surface area contributed by atoms with Crippen molar-refractivity contribution in [2.24, 2.45) is 0 Å². The fourth-order valence-corrected chi connectivity index (χ4v) is 2.59. The van der Waals surface area contributed by atoms with Gasteiger partial charge in [0.2, 0.25) is 0 Å². The second-order valence-electron chi connectivity index (χ2n) is 4.82. The minimum atomic E-state index is -1.35. The number of anilines is 2. The number of carbonyl (C=O) groups is 1. The van der Waals surface area contributed by atoms with Crippen LogP contribution in [-0.2, 0) is 4.84 Å². The number of rotatable bonds is 6. The Morgan fingerprint density at radius 2 is 1.96 bits per heavy atom. The van der Waals surface area contributed by atoms with Gasteiger partial charge in [0.25, 0.3) is 0 Å². The first kappa shape index (κ1) is 18.7. The third kappa shape index (κ3) is 3.70. The quantitative estimate of drug-likeness (QED) is 0.412. The molecule has 0 fully saturated rings. The van der Waals surface area contributed by atoms with E-state index in [1.165, 1.54) is 19.1 Å². The lowest BCUT2D eigenvalue weighted by Gasteiger charge is -2.26. The smallest absolute Gasteiger partial charge is 0.185 e. The van der Waals surface area contributed by atoms with Crippen LogP contribution in [-0.4, -0.2) is 24.6 Å². The Morgan fingerprint density at radius 3 is 2.54 bits per heavy atom. The number of nitrogens with zero attached hydrogens (tertiary/aromatic N) is 1. The van der Waals surface area contributed by atoms with E-state index < -0.39 is 29.6 Å². The zero-order valence-electron chi connectivity index (χ0n) is 12.5. The lowest BCUT2D eigenvalue weighted by molar-refractivity contribution is 0.0903. The van der Waals surface area contributed by atoms with Crippen molar-refractivity contribution in [3.8, 4) is 0 Å². The summed E-state index contributed by atoms with van der Waals surface area (Å²) in [7, 11) is 0. The highest BCUT2D eigenvalue weighted by molar-refractivity contribution is 14.1. The Hall–Kier alpha value is -1.65. The molecule has 0 heterocycles. The highest BCUT2D eigenvalue weighted by atomic mass is 127. The first-order chi connectivity index (χ1) is 11.4. The van der Waals surface area contributed by atoms with Gasteiger partial charge in [-0.15, -0.1) is 0 Å². The molecule has 0 bridgehead atoms. The Labute approximate surface area is 149 Å². The highest BCUT2D eigenvalue weighted by Crippen LogP contribution is 2.35. The minimum absolute atomic E-state index is 0.149. The predicted molar refractivity (Wildman–Crippen MR) is 90.8 cm³/mol. The van der Waals surface area contributed by atoms with Crippen molar-refractivity contribution in [1.82, 2.24) is 0 Å². The monoisotopic (exact) mass is 451 g/mol. The molecular formula is C16H13F3INO3. The van der Waals surface area contributed by atoms with Crippen LogP contribution in [0.1, 0.15) is 15.9 Å². The van der Waals surface area contributed by atoms with Crippen LogP contribution >= 0.6 is 22.6 Å². The topological polar surface area (TPSA) is 49.8 Å². The fraction of sp³-hybridized carbons (Fsp3) is 0.188. The van der Waals surface area contributed by atoms with Crippen LogP contribution in [0.25, 0.3) is 0 Å². The third-order valence-corrected chi connectivity index (χ3v) is 3.84. The Balaban J connectivity index is 2.65. The van der Waals surface area contributed by atoms with Crippen molar-refractivity contribution in [3.05, 3.63) is 56.4 Å². The molecule has 128 valence electrons. The number of aryl methyl sites for hydroxylation is 1. The van der Waals surface area contributed by atoms with Crippen LogP contribution in [0.3, 0.4) is 0 Å². The molecule has 0 saturated carbocycles. The molecule has 0 spiro atoms.